The maximum Gasteiger partial charge on any atom is 0.211 e. The van der Waals surface area contributed by atoms with Crippen LogP contribution in [0.2, 0.25) is 0 Å². The molecular formula is C22H32N2O2S. The van der Waals surface area contributed by atoms with Crippen molar-refractivity contribution < 1.29 is 8.42 Å². The average molecular weight is 389 g/mol. The van der Waals surface area contributed by atoms with Gasteiger partial charge in [-0.25, -0.2) is 12.7 Å². The zero-order valence-corrected chi connectivity index (χ0v) is 17.6. The van der Waals surface area contributed by atoms with Crippen LogP contribution in [0, 0.1) is 5.92 Å². The van der Waals surface area contributed by atoms with Crippen LogP contribution in [0.4, 0.5) is 0 Å². The number of sulfonamides is 1. The van der Waals surface area contributed by atoms with Gasteiger partial charge in [0, 0.05) is 25.7 Å². The van der Waals surface area contributed by atoms with Crippen molar-refractivity contribution in [3.8, 4) is 0 Å². The molecule has 0 saturated carbocycles. The Kier molecular flexibility index (Phi) is 6.56. The third-order valence-corrected chi connectivity index (χ3v) is 7.21. The van der Waals surface area contributed by atoms with Crippen molar-refractivity contribution in [3.05, 3.63) is 48.0 Å². The van der Waals surface area contributed by atoms with E-state index in [1.165, 1.54) is 22.6 Å². The second kappa shape index (κ2) is 8.72. The SMILES string of the molecule is CCN(CC1CCN(S(C)(=O)=O)CC1)C(C)Cc1ccc2ccccc2c1. The summed E-state index contributed by atoms with van der Waals surface area (Å²) in [5.74, 6) is 0.585. The van der Waals surface area contributed by atoms with Gasteiger partial charge in [0.05, 0.1) is 6.26 Å². The second-order valence-corrected chi connectivity index (χ2v) is 9.91. The van der Waals surface area contributed by atoms with Crippen LogP contribution in [0.1, 0.15) is 32.3 Å². The van der Waals surface area contributed by atoms with Crippen LogP contribution in [-0.2, 0) is 16.4 Å². The van der Waals surface area contributed by atoms with Gasteiger partial charge in [0.2, 0.25) is 10.0 Å². The van der Waals surface area contributed by atoms with E-state index in [1.54, 1.807) is 4.31 Å². The van der Waals surface area contributed by atoms with Crippen LogP contribution in [0.15, 0.2) is 42.5 Å². The molecule has 2 aromatic rings. The molecule has 0 spiro atoms. The first-order valence-corrected chi connectivity index (χ1v) is 11.9. The molecule has 2 aromatic carbocycles. The number of piperidine rings is 1. The van der Waals surface area contributed by atoms with Crippen molar-refractivity contribution >= 4 is 20.8 Å². The van der Waals surface area contributed by atoms with Crippen molar-refractivity contribution in [2.75, 3.05) is 32.4 Å². The Bertz CT molecular complexity index is 857. The van der Waals surface area contributed by atoms with E-state index in [0.717, 1.165) is 32.4 Å². The maximum absolute atomic E-state index is 11.7. The minimum atomic E-state index is -3.04. The molecule has 148 valence electrons. The van der Waals surface area contributed by atoms with Gasteiger partial charge in [-0.3, -0.25) is 0 Å². The van der Waals surface area contributed by atoms with Crippen molar-refractivity contribution in [1.82, 2.24) is 9.21 Å². The number of rotatable bonds is 7. The van der Waals surface area contributed by atoms with Gasteiger partial charge in [-0.1, -0.05) is 49.4 Å². The highest BCUT2D eigenvalue weighted by Crippen LogP contribution is 2.22. The predicted octanol–water partition coefficient (Wildman–Crippen LogP) is 3.76. The normalized spacial score (nSPS) is 18.2. The number of hydrogen-bond acceptors (Lipinski definition) is 3. The van der Waals surface area contributed by atoms with Gasteiger partial charge in [-0.15, -0.1) is 0 Å². The lowest BCUT2D eigenvalue weighted by Gasteiger charge is -2.36. The molecule has 0 amide bonds. The third-order valence-electron chi connectivity index (χ3n) is 5.91. The fourth-order valence-electron chi connectivity index (χ4n) is 4.21. The van der Waals surface area contributed by atoms with E-state index in [2.05, 4.69) is 61.2 Å². The Labute approximate surface area is 164 Å². The van der Waals surface area contributed by atoms with E-state index in [-0.39, 0.29) is 0 Å². The standard InChI is InChI=1S/C22H32N2O2S/c1-4-23(17-19-11-13-24(14-12-19)27(3,25)26)18(2)15-20-9-10-21-7-5-6-8-22(21)16-20/h5-10,16,18-19H,4,11-15,17H2,1-3H3. The van der Waals surface area contributed by atoms with Crippen molar-refractivity contribution in [3.63, 3.8) is 0 Å². The van der Waals surface area contributed by atoms with Gasteiger partial charge in [-0.05, 0) is 55.0 Å². The van der Waals surface area contributed by atoms with Gasteiger partial charge >= 0.3 is 0 Å². The summed E-state index contributed by atoms with van der Waals surface area (Å²) in [6, 6.07) is 15.8. The van der Waals surface area contributed by atoms with Gasteiger partial charge < -0.3 is 4.90 Å². The lowest BCUT2D eigenvalue weighted by atomic mass is 9.95. The Morgan fingerprint density at radius 3 is 2.41 bits per heavy atom. The summed E-state index contributed by atoms with van der Waals surface area (Å²) in [7, 11) is -3.04. The van der Waals surface area contributed by atoms with Gasteiger partial charge in [0.25, 0.3) is 0 Å². The third kappa shape index (κ3) is 5.31. The fourth-order valence-corrected chi connectivity index (χ4v) is 5.09. The second-order valence-electron chi connectivity index (χ2n) is 7.93. The largest absolute Gasteiger partial charge is 0.300 e. The summed E-state index contributed by atoms with van der Waals surface area (Å²) < 4.78 is 25.0. The summed E-state index contributed by atoms with van der Waals surface area (Å²) in [6.07, 6.45) is 4.29. The summed E-state index contributed by atoms with van der Waals surface area (Å²) in [5, 5.41) is 2.59. The molecule has 0 aromatic heterocycles. The van der Waals surface area contributed by atoms with Gasteiger partial charge in [0.1, 0.15) is 0 Å². The number of fused-ring (bicyclic) bond motifs is 1. The van der Waals surface area contributed by atoms with E-state index in [9.17, 15) is 8.42 Å². The zero-order valence-electron chi connectivity index (χ0n) is 16.8. The minimum absolute atomic E-state index is 0.476. The molecule has 0 N–H and O–H groups in total. The first-order valence-electron chi connectivity index (χ1n) is 10.0. The fraction of sp³-hybridized carbons (Fsp3) is 0.545. The highest BCUT2D eigenvalue weighted by molar-refractivity contribution is 7.88. The van der Waals surface area contributed by atoms with E-state index < -0.39 is 10.0 Å². The Hall–Kier alpha value is -1.43. The van der Waals surface area contributed by atoms with E-state index >= 15 is 0 Å². The molecule has 4 nitrogen and oxygen atoms in total. The van der Waals surface area contributed by atoms with E-state index in [0.29, 0.717) is 25.0 Å². The van der Waals surface area contributed by atoms with E-state index in [1.807, 2.05) is 0 Å². The molecule has 3 rings (SSSR count). The van der Waals surface area contributed by atoms with Crippen LogP contribution in [0.5, 0.6) is 0 Å². The summed E-state index contributed by atoms with van der Waals surface area (Å²) in [5.41, 5.74) is 1.38. The van der Waals surface area contributed by atoms with Crippen molar-refractivity contribution in [2.24, 2.45) is 5.92 Å². The van der Waals surface area contributed by atoms with E-state index in [4.69, 9.17) is 0 Å². The Morgan fingerprint density at radius 2 is 1.78 bits per heavy atom. The smallest absolute Gasteiger partial charge is 0.211 e. The Morgan fingerprint density at radius 1 is 1.11 bits per heavy atom. The first kappa shape index (κ1) is 20.3. The highest BCUT2D eigenvalue weighted by atomic mass is 32.2. The molecule has 1 unspecified atom stereocenters. The van der Waals surface area contributed by atoms with Crippen molar-refractivity contribution in [1.29, 1.82) is 0 Å². The van der Waals surface area contributed by atoms with Crippen molar-refractivity contribution in [2.45, 2.75) is 39.2 Å². The molecule has 1 fully saturated rings. The maximum atomic E-state index is 11.7. The van der Waals surface area contributed by atoms with Crippen LogP contribution >= 0.6 is 0 Å². The number of nitrogens with zero attached hydrogens (tertiary/aromatic N) is 2. The summed E-state index contributed by atoms with van der Waals surface area (Å²) in [6.45, 7) is 7.96. The zero-order chi connectivity index (χ0) is 19.4. The van der Waals surface area contributed by atoms with Gasteiger partial charge in [0.15, 0.2) is 0 Å². The molecule has 27 heavy (non-hydrogen) atoms. The van der Waals surface area contributed by atoms with Gasteiger partial charge in [-0.2, -0.15) is 0 Å². The summed E-state index contributed by atoms with van der Waals surface area (Å²) in [4.78, 5) is 2.55. The topological polar surface area (TPSA) is 40.6 Å². The molecule has 5 heteroatoms. The minimum Gasteiger partial charge on any atom is -0.300 e. The summed E-state index contributed by atoms with van der Waals surface area (Å²) >= 11 is 0. The van der Waals surface area contributed by atoms with Crippen LogP contribution in [0.3, 0.4) is 0 Å². The number of hydrogen-bond donors (Lipinski definition) is 0. The van der Waals surface area contributed by atoms with Crippen LogP contribution in [-0.4, -0.2) is 56.1 Å². The molecule has 0 bridgehead atoms. The lowest BCUT2D eigenvalue weighted by Crippen LogP contribution is -2.43. The number of benzene rings is 2. The molecule has 1 atom stereocenters. The number of likely N-dealkylation sites (N-methyl/N-ethyl adjacent to an activating group) is 1. The van der Waals surface area contributed by atoms with Crippen LogP contribution in [0.25, 0.3) is 10.8 Å². The molecule has 1 saturated heterocycles. The monoisotopic (exact) mass is 388 g/mol. The molecule has 1 aliphatic rings. The predicted molar refractivity (Wildman–Crippen MR) is 114 cm³/mol. The molecule has 0 radical (unpaired) electrons. The first-order chi connectivity index (χ1) is 12.9. The lowest BCUT2D eigenvalue weighted by molar-refractivity contribution is 0.152. The molecule has 1 aliphatic heterocycles. The Balaban J connectivity index is 1.58. The average Bonchev–Trinajstić information content (AvgIpc) is 2.65. The molecular weight excluding hydrogens is 356 g/mol. The highest BCUT2D eigenvalue weighted by Gasteiger charge is 2.26. The molecule has 0 aliphatic carbocycles. The van der Waals surface area contributed by atoms with Crippen LogP contribution < -0.4 is 0 Å². The molecule has 1 heterocycles. The quantitative estimate of drug-likeness (QED) is 0.725.